The van der Waals surface area contributed by atoms with E-state index >= 15 is 0 Å². The summed E-state index contributed by atoms with van der Waals surface area (Å²) in [5.74, 6) is 1.35. The second-order valence-electron chi connectivity index (χ2n) is 4.28. The van der Waals surface area contributed by atoms with Gasteiger partial charge in [0.2, 0.25) is 5.89 Å². The topological polar surface area (TPSA) is 38.1 Å². The van der Waals surface area contributed by atoms with Crippen LogP contribution in [0.2, 0.25) is 10.0 Å². The number of nitrogens with zero attached hydrogens (tertiary/aromatic N) is 1. The Bertz CT molecular complexity index is 538. The molecule has 1 N–H and O–H groups in total. The molecule has 0 unspecified atom stereocenters. The maximum atomic E-state index is 5.97. The van der Waals surface area contributed by atoms with E-state index in [0.29, 0.717) is 34.3 Å². The van der Waals surface area contributed by atoms with Crippen molar-refractivity contribution in [3.05, 3.63) is 40.3 Å². The number of rotatable bonds is 4. The molecule has 2 rings (SSSR count). The normalized spacial score (nSPS) is 11.2. The molecule has 0 saturated heterocycles. The van der Waals surface area contributed by atoms with Crippen LogP contribution in [0.15, 0.2) is 28.8 Å². The highest BCUT2D eigenvalue weighted by molar-refractivity contribution is 6.42. The van der Waals surface area contributed by atoms with Gasteiger partial charge in [0.1, 0.15) is 0 Å². The Kier molecular flexibility index (Phi) is 4.27. The number of nitrogens with one attached hydrogen (secondary N) is 1. The fourth-order valence-corrected chi connectivity index (χ4v) is 1.76. The molecule has 0 amide bonds. The Balaban J connectivity index is 2.16. The summed E-state index contributed by atoms with van der Waals surface area (Å²) in [5, 5.41) is 4.28. The number of hydrogen-bond donors (Lipinski definition) is 1. The van der Waals surface area contributed by atoms with Crippen molar-refractivity contribution in [2.24, 2.45) is 0 Å². The van der Waals surface area contributed by atoms with E-state index in [-0.39, 0.29) is 0 Å². The SMILES string of the molecule is CC(C)NCc1ncc(-c2ccc(Cl)c(Cl)c2)o1. The highest BCUT2D eigenvalue weighted by Gasteiger charge is 2.08. The lowest BCUT2D eigenvalue weighted by molar-refractivity contribution is 0.459. The van der Waals surface area contributed by atoms with Crippen LogP contribution in [0.3, 0.4) is 0 Å². The zero-order valence-corrected chi connectivity index (χ0v) is 11.7. The number of oxazole rings is 1. The predicted octanol–water partition coefficient (Wildman–Crippen LogP) is 4.15. The van der Waals surface area contributed by atoms with Crippen LogP contribution >= 0.6 is 23.2 Å². The lowest BCUT2D eigenvalue weighted by atomic mass is 10.2. The van der Waals surface area contributed by atoms with E-state index in [1.165, 1.54) is 0 Å². The molecule has 3 nitrogen and oxygen atoms in total. The predicted molar refractivity (Wildman–Crippen MR) is 73.9 cm³/mol. The fraction of sp³-hybridized carbons (Fsp3) is 0.308. The van der Waals surface area contributed by atoms with Crippen LogP contribution in [0.4, 0.5) is 0 Å². The van der Waals surface area contributed by atoms with Crippen molar-refractivity contribution in [1.82, 2.24) is 10.3 Å². The van der Waals surface area contributed by atoms with Crippen LogP contribution in [0.1, 0.15) is 19.7 Å². The lowest BCUT2D eigenvalue weighted by Gasteiger charge is -2.04. The summed E-state index contributed by atoms with van der Waals surface area (Å²) >= 11 is 11.8. The highest BCUT2D eigenvalue weighted by Crippen LogP contribution is 2.28. The van der Waals surface area contributed by atoms with Gasteiger partial charge in [0.05, 0.1) is 22.8 Å². The number of hydrogen-bond acceptors (Lipinski definition) is 3. The standard InChI is InChI=1S/C13H14Cl2N2O/c1-8(2)16-7-13-17-6-12(18-13)9-3-4-10(14)11(15)5-9/h3-6,8,16H,7H2,1-2H3. The van der Waals surface area contributed by atoms with Crippen LogP contribution in [0.5, 0.6) is 0 Å². The van der Waals surface area contributed by atoms with Crippen molar-refractivity contribution in [1.29, 1.82) is 0 Å². The quantitative estimate of drug-likeness (QED) is 0.917. The van der Waals surface area contributed by atoms with Gasteiger partial charge in [-0.2, -0.15) is 0 Å². The van der Waals surface area contributed by atoms with E-state index in [1.807, 2.05) is 6.07 Å². The molecule has 0 aliphatic carbocycles. The molecule has 2 aromatic rings. The Morgan fingerprint density at radius 2 is 2.06 bits per heavy atom. The summed E-state index contributed by atoms with van der Waals surface area (Å²) in [4.78, 5) is 4.21. The third-order valence-electron chi connectivity index (χ3n) is 2.42. The summed E-state index contributed by atoms with van der Waals surface area (Å²) < 4.78 is 5.64. The molecule has 0 aliphatic rings. The lowest BCUT2D eigenvalue weighted by Crippen LogP contribution is -2.21. The molecule has 1 heterocycles. The van der Waals surface area contributed by atoms with E-state index in [2.05, 4.69) is 24.1 Å². The van der Waals surface area contributed by atoms with Crippen LogP contribution in [-0.4, -0.2) is 11.0 Å². The summed E-state index contributed by atoms with van der Waals surface area (Å²) in [7, 11) is 0. The van der Waals surface area contributed by atoms with Gasteiger partial charge in [0.15, 0.2) is 5.76 Å². The van der Waals surface area contributed by atoms with Gasteiger partial charge in [-0.25, -0.2) is 4.98 Å². The van der Waals surface area contributed by atoms with Crippen LogP contribution in [0.25, 0.3) is 11.3 Å². The maximum Gasteiger partial charge on any atom is 0.208 e. The van der Waals surface area contributed by atoms with Crippen molar-refractivity contribution < 1.29 is 4.42 Å². The molecule has 18 heavy (non-hydrogen) atoms. The van der Waals surface area contributed by atoms with Gasteiger partial charge in [-0.3, -0.25) is 0 Å². The minimum absolute atomic E-state index is 0.394. The van der Waals surface area contributed by atoms with Crippen molar-refractivity contribution in [3.63, 3.8) is 0 Å². The van der Waals surface area contributed by atoms with Gasteiger partial charge in [-0.1, -0.05) is 37.0 Å². The zero-order valence-electron chi connectivity index (χ0n) is 10.2. The van der Waals surface area contributed by atoms with E-state index in [1.54, 1.807) is 18.3 Å². The molecule has 96 valence electrons. The molecule has 0 radical (unpaired) electrons. The van der Waals surface area contributed by atoms with E-state index in [4.69, 9.17) is 27.6 Å². The number of aromatic nitrogens is 1. The first-order valence-electron chi connectivity index (χ1n) is 5.70. The summed E-state index contributed by atoms with van der Waals surface area (Å²) in [5.41, 5.74) is 0.868. The first kappa shape index (κ1) is 13.4. The molecular weight excluding hydrogens is 271 g/mol. The molecule has 1 aromatic carbocycles. The molecule has 0 aliphatic heterocycles. The molecule has 5 heteroatoms. The number of halogens is 2. The van der Waals surface area contributed by atoms with Gasteiger partial charge in [0.25, 0.3) is 0 Å². The van der Waals surface area contributed by atoms with Crippen molar-refractivity contribution >= 4 is 23.2 Å². The molecule has 0 spiro atoms. The van der Waals surface area contributed by atoms with E-state index in [0.717, 1.165) is 5.56 Å². The zero-order chi connectivity index (χ0) is 13.1. The maximum absolute atomic E-state index is 5.97. The Labute approximate surface area is 116 Å². The highest BCUT2D eigenvalue weighted by atomic mass is 35.5. The molecule has 0 fully saturated rings. The monoisotopic (exact) mass is 284 g/mol. The van der Waals surface area contributed by atoms with E-state index in [9.17, 15) is 0 Å². The van der Waals surface area contributed by atoms with Crippen LogP contribution in [-0.2, 0) is 6.54 Å². The fourth-order valence-electron chi connectivity index (χ4n) is 1.47. The molecular formula is C13H14Cl2N2O. The van der Waals surface area contributed by atoms with Gasteiger partial charge in [0, 0.05) is 11.6 Å². The summed E-state index contributed by atoms with van der Waals surface area (Å²) in [6.45, 7) is 4.75. The van der Waals surface area contributed by atoms with Gasteiger partial charge in [-0.05, 0) is 18.2 Å². The van der Waals surface area contributed by atoms with Crippen molar-refractivity contribution in [2.45, 2.75) is 26.4 Å². The first-order chi connectivity index (χ1) is 8.56. The second kappa shape index (κ2) is 5.74. The minimum Gasteiger partial charge on any atom is -0.439 e. The smallest absolute Gasteiger partial charge is 0.208 e. The van der Waals surface area contributed by atoms with Crippen LogP contribution in [0, 0.1) is 0 Å². The largest absolute Gasteiger partial charge is 0.439 e. The number of benzene rings is 1. The molecule has 0 bridgehead atoms. The third-order valence-corrected chi connectivity index (χ3v) is 3.16. The Hall–Kier alpha value is -1.03. The molecule has 0 saturated carbocycles. The van der Waals surface area contributed by atoms with Crippen molar-refractivity contribution in [2.75, 3.05) is 0 Å². The average molecular weight is 285 g/mol. The second-order valence-corrected chi connectivity index (χ2v) is 5.10. The summed E-state index contributed by atoms with van der Waals surface area (Å²) in [6, 6.07) is 5.76. The molecule has 1 aromatic heterocycles. The summed E-state index contributed by atoms with van der Waals surface area (Å²) in [6.07, 6.45) is 1.69. The van der Waals surface area contributed by atoms with Crippen molar-refractivity contribution in [3.8, 4) is 11.3 Å². The van der Waals surface area contributed by atoms with Gasteiger partial charge in [-0.15, -0.1) is 0 Å². The van der Waals surface area contributed by atoms with Crippen LogP contribution < -0.4 is 5.32 Å². The van der Waals surface area contributed by atoms with Gasteiger partial charge < -0.3 is 9.73 Å². The Morgan fingerprint density at radius 1 is 1.28 bits per heavy atom. The minimum atomic E-state index is 0.394. The first-order valence-corrected chi connectivity index (χ1v) is 6.45. The molecule has 0 atom stereocenters. The third kappa shape index (κ3) is 3.25. The van der Waals surface area contributed by atoms with E-state index < -0.39 is 0 Å². The van der Waals surface area contributed by atoms with Gasteiger partial charge >= 0.3 is 0 Å². The average Bonchev–Trinajstić information content (AvgIpc) is 2.79. The Morgan fingerprint density at radius 3 is 2.72 bits per heavy atom.